The second-order valence-corrected chi connectivity index (χ2v) is 9.07. The lowest BCUT2D eigenvalue weighted by Crippen LogP contribution is -2.50. The summed E-state index contributed by atoms with van der Waals surface area (Å²) in [4.78, 5) is 25.8. The standard InChI is InChI=1S/C20H19BrO3/c21-15-1-2-17-14(6-15)7-16(19(23)24-17)18(22)20-8-11-3-12(9-20)5-13(4-11)10-20/h1-2,6-7,11-13H,3-5,8-10H2. The molecule has 1 aromatic carbocycles. The summed E-state index contributed by atoms with van der Waals surface area (Å²) >= 11 is 3.44. The highest BCUT2D eigenvalue weighted by atomic mass is 79.9. The summed E-state index contributed by atoms with van der Waals surface area (Å²) in [5, 5.41) is 0.803. The average molecular weight is 387 g/mol. The summed E-state index contributed by atoms with van der Waals surface area (Å²) in [5.41, 5.74) is 0.00159. The third-order valence-electron chi connectivity index (χ3n) is 6.46. The maximum Gasteiger partial charge on any atom is 0.347 e. The summed E-state index contributed by atoms with van der Waals surface area (Å²) in [7, 11) is 0. The first kappa shape index (κ1) is 14.9. The lowest BCUT2D eigenvalue weighted by atomic mass is 9.48. The van der Waals surface area contributed by atoms with E-state index >= 15 is 0 Å². The summed E-state index contributed by atoms with van der Waals surface area (Å²) in [5.74, 6) is 2.09. The van der Waals surface area contributed by atoms with E-state index in [1.54, 1.807) is 12.1 Å². The molecular weight excluding hydrogens is 368 g/mol. The molecular formula is C20H19BrO3. The topological polar surface area (TPSA) is 47.3 Å². The largest absolute Gasteiger partial charge is 0.422 e. The number of ketones is 1. The van der Waals surface area contributed by atoms with Crippen molar-refractivity contribution in [1.29, 1.82) is 0 Å². The van der Waals surface area contributed by atoms with Crippen LogP contribution in [0.3, 0.4) is 0 Å². The fourth-order valence-corrected chi connectivity index (χ4v) is 6.31. The zero-order valence-electron chi connectivity index (χ0n) is 13.4. The van der Waals surface area contributed by atoms with Crippen LogP contribution in [0, 0.1) is 23.2 Å². The first-order valence-electron chi connectivity index (χ1n) is 8.81. The van der Waals surface area contributed by atoms with Gasteiger partial charge in [0.05, 0.1) is 0 Å². The zero-order valence-corrected chi connectivity index (χ0v) is 15.0. The van der Waals surface area contributed by atoms with Gasteiger partial charge >= 0.3 is 5.63 Å². The van der Waals surface area contributed by atoms with E-state index in [0.717, 1.165) is 29.1 Å². The van der Waals surface area contributed by atoms with Gasteiger partial charge in [-0.25, -0.2) is 4.79 Å². The van der Waals surface area contributed by atoms with Crippen molar-refractivity contribution in [3.63, 3.8) is 0 Å². The van der Waals surface area contributed by atoms with Crippen LogP contribution in [0.25, 0.3) is 11.0 Å². The first-order valence-corrected chi connectivity index (χ1v) is 9.60. The molecule has 4 saturated carbocycles. The molecule has 0 spiro atoms. The van der Waals surface area contributed by atoms with Crippen LogP contribution >= 0.6 is 15.9 Å². The van der Waals surface area contributed by atoms with E-state index in [0.29, 0.717) is 23.3 Å². The van der Waals surface area contributed by atoms with E-state index < -0.39 is 5.63 Å². The highest BCUT2D eigenvalue weighted by Crippen LogP contribution is 2.60. The molecule has 0 N–H and O–H groups in total. The molecule has 124 valence electrons. The van der Waals surface area contributed by atoms with Gasteiger partial charge in [-0.15, -0.1) is 0 Å². The molecule has 1 heterocycles. The highest BCUT2D eigenvalue weighted by molar-refractivity contribution is 9.10. The molecule has 0 radical (unpaired) electrons. The second-order valence-electron chi connectivity index (χ2n) is 8.16. The molecule has 6 rings (SSSR count). The number of hydrogen-bond acceptors (Lipinski definition) is 3. The molecule has 4 aliphatic rings. The molecule has 4 bridgehead atoms. The van der Waals surface area contributed by atoms with Crippen LogP contribution in [-0.2, 0) is 0 Å². The molecule has 4 aliphatic carbocycles. The quantitative estimate of drug-likeness (QED) is 0.541. The van der Waals surface area contributed by atoms with Crippen molar-refractivity contribution >= 4 is 32.7 Å². The van der Waals surface area contributed by atoms with Crippen molar-refractivity contribution in [2.75, 3.05) is 0 Å². The zero-order chi connectivity index (χ0) is 16.5. The molecule has 0 unspecified atom stereocenters. The van der Waals surface area contributed by atoms with Gasteiger partial charge in [0.1, 0.15) is 11.1 Å². The van der Waals surface area contributed by atoms with Gasteiger partial charge in [-0.1, -0.05) is 15.9 Å². The van der Waals surface area contributed by atoms with Gasteiger partial charge in [-0.2, -0.15) is 0 Å². The van der Waals surface area contributed by atoms with Gasteiger partial charge in [-0.05, 0) is 80.5 Å². The van der Waals surface area contributed by atoms with Crippen LogP contribution < -0.4 is 5.63 Å². The third-order valence-corrected chi connectivity index (χ3v) is 6.95. The first-order chi connectivity index (χ1) is 11.5. The molecule has 0 aliphatic heterocycles. The maximum absolute atomic E-state index is 13.4. The minimum Gasteiger partial charge on any atom is -0.422 e. The minimum atomic E-state index is -0.481. The van der Waals surface area contributed by atoms with E-state index in [9.17, 15) is 9.59 Å². The van der Waals surface area contributed by atoms with Crippen LogP contribution in [0.15, 0.2) is 37.9 Å². The number of Topliss-reactive ketones (excluding diaryl/α,β-unsaturated/α-hetero) is 1. The molecule has 0 amide bonds. The Bertz CT molecular complexity index is 875. The number of benzene rings is 1. The number of hydrogen-bond donors (Lipinski definition) is 0. The van der Waals surface area contributed by atoms with Crippen molar-refractivity contribution in [2.24, 2.45) is 23.2 Å². The molecule has 3 nitrogen and oxygen atoms in total. The van der Waals surface area contributed by atoms with Crippen molar-refractivity contribution in [2.45, 2.75) is 38.5 Å². The second kappa shape index (κ2) is 5.04. The maximum atomic E-state index is 13.4. The van der Waals surface area contributed by atoms with Gasteiger partial charge in [0.15, 0.2) is 5.78 Å². The molecule has 2 aromatic rings. The van der Waals surface area contributed by atoms with Crippen molar-refractivity contribution < 1.29 is 9.21 Å². The lowest BCUT2D eigenvalue weighted by Gasteiger charge is -2.55. The number of carbonyl (C=O) groups is 1. The summed E-state index contributed by atoms with van der Waals surface area (Å²) in [6, 6.07) is 7.24. The van der Waals surface area contributed by atoms with Crippen molar-refractivity contribution in [3.8, 4) is 0 Å². The van der Waals surface area contributed by atoms with Crippen LogP contribution in [0.1, 0.15) is 48.9 Å². The number of rotatable bonds is 2. The monoisotopic (exact) mass is 386 g/mol. The van der Waals surface area contributed by atoms with Crippen LogP contribution in [-0.4, -0.2) is 5.78 Å². The third kappa shape index (κ3) is 2.15. The number of halogens is 1. The SMILES string of the molecule is O=C(c1cc2cc(Br)ccc2oc1=O)C12CC3CC(CC(C3)C1)C2. The minimum absolute atomic E-state index is 0.0391. The summed E-state index contributed by atoms with van der Waals surface area (Å²) in [6.07, 6.45) is 6.75. The Labute approximate surface area is 148 Å². The lowest BCUT2D eigenvalue weighted by molar-refractivity contribution is -0.0354. The van der Waals surface area contributed by atoms with Crippen LogP contribution in [0.5, 0.6) is 0 Å². The number of carbonyl (C=O) groups excluding carboxylic acids is 1. The van der Waals surface area contributed by atoms with E-state index in [4.69, 9.17) is 4.42 Å². The van der Waals surface area contributed by atoms with Gasteiger partial charge in [0.2, 0.25) is 0 Å². The predicted molar refractivity (Wildman–Crippen MR) is 95.1 cm³/mol. The van der Waals surface area contributed by atoms with Gasteiger partial charge in [0.25, 0.3) is 0 Å². The predicted octanol–water partition coefficient (Wildman–Crippen LogP) is 4.95. The van der Waals surface area contributed by atoms with Gasteiger partial charge in [-0.3, -0.25) is 4.79 Å². The number of fused-ring (bicyclic) bond motifs is 1. The molecule has 0 atom stereocenters. The van der Waals surface area contributed by atoms with E-state index in [1.807, 2.05) is 12.1 Å². The Morgan fingerprint density at radius 2 is 1.67 bits per heavy atom. The fourth-order valence-electron chi connectivity index (χ4n) is 5.93. The van der Waals surface area contributed by atoms with Gasteiger partial charge < -0.3 is 4.42 Å². The normalized spacial score (nSPS) is 34.0. The Balaban J connectivity index is 1.61. The molecule has 24 heavy (non-hydrogen) atoms. The fraction of sp³-hybridized carbons (Fsp3) is 0.500. The Hall–Kier alpha value is -1.42. The summed E-state index contributed by atoms with van der Waals surface area (Å²) < 4.78 is 6.35. The van der Waals surface area contributed by atoms with E-state index in [2.05, 4.69) is 15.9 Å². The average Bonchev–Trinajstić information content (AvgIpc) is 2.52. The van der Waals surface area contributed by atoms with Crippen LogP contribution in [0.4, 0.5) is 0 Å². The van der Waals surface area contributed by atoms with E-state index in [-0.39, 0.29) is 16.8 Å². The van der Waals surface area contributed by atoms with Gasteiger partial charge in [0, 0.05) is 15.3 Å². The van der Waals surface area contributed by atoms with Crippen LogP contribution in [0.2, 0.25) is 0 Å². The molecule has 1 aromatic heterocycles. The Kier molecular flexibility index (Phi) is 3.13. The van der Waals surface area contributed by atoms with Crippen molar-refractivity contribution in [1.82, 2.24) is 0 Å². The highest BCUT2D eigenvalue weighted by Gasteiger charge is 2.55. The summed E-state index contributed by atoms with van der Waals surface area (Å²) in [6.45, 7) is 0. The Morgan fingerprint density at radius 1 is 1.04 bits per heavy atom. The van der Waals surface area contributed by atoms with E-state index in [1.165, 1.54) is 19.3 Å². The molecule has 0 saturated heterocycles. The molecule has 4 heteroatoms. The molecule has 4 fully saturated rings. The van der Waals surface area contributed by atoms with Crippen molar-refractivity contribution in [3.05, 3.63) is 44.7 Å². The smallest absolute Gasteiger partial charge is 0.347 e. The Morgan fingerprint density at radius 3 is 2.29 bits per heavy atom.